The van der Waals surface area contributed by atoms with Gasteiger partial charge in [0, 0.05) is 11.8 Å². The van der Waals surface area contributed by atoms with Crippen LogP contribution in [0.5, 0.6) is 5.75 Å². The largest absolute Gasteiger partial charge is 0.496 e. The Bertz CT molecular complexity index is 575. The molecule has 0 heterocycles. The van der Waals surface area contributed by atoms with Crippen molar-refractivity contribution >= 4 is 15.8 Å². The van der Waals surface area contributed by atoms with Gasteiger partial charge in [0.2, 0.25) is 0 Å². The Morgan fingerprint density at radius 3 is 2.33 bits per heavy atom. The summed E-state index contributed by atoms with van der Waals surface area (Å²) in [6, 6.07) is 2.51. The molecule has 0 spiro atoms. The Labute approximate surface area is 105 Å². The second-order valence-electron chi connectivity index (χ2n) is 3.87. The minimum absolute atomic E-state index is 0.201. The predicted octanol–water partition coefficient (Wildman–Crippen LogP) is 0.525. The number of carbonyl (C=O) groups is 1. The van der Waals surface area contributed by atoms with Crippen molar-refractivity contribution in [3.63, 3.8) is 0 Å². The molecule has 0 radical (unpaired) electrons. The lowest BCUT2D eigenvalue weighted by atomic mass is 10.1. The van der Waals surface area contributed by atoms with Gasteiger partial charge in [-0.25, -0.2) is 13.2 Å². The van der Waals surface area contributed by atoms with E-state index < -0.39 is 21.9 Å². The average molecular weight is 274 g/mol. The molecule has 2 N–H and O–H groups in total. The number of carboxylic acids is 1. The number of benzene rings is 1. The van der Waals surface area contributed by atoms with Crippen molar-refractivity contribution in [2.45, 2.75) is 17.9 Å². The first kappa shape index (κ1) is 14.5. The SMILES string of the molecule is COc1cc(C(O)C(=O)O)c(S(C)(=O)=O)cc1C. The monoisotopic (exact) mass is 274 g/mol. The molecule has 0 aliphatic carbocycles. The quantitative estimate of drug-likeness (QED) is 0.830. The van der Waals surface area contributed by atoms with Crippen molar-refractivity contribution in [1.82, 2.24) is 0 Å². The average Bonchev–Trinajstić information content (AvgIpc) is 2.26. The highest BCUT2D eigenvalue weighted by Crippen LogP contribution is 2.30. The normalized spacial score (nSPS) is 13.1. The molecule has 6 nitrogen and oxygen atoms in total. The highest BCUT2D eigenvalue weighted by atomic mass is 32.2. The number of hydrogen-bond donors (Lipinski definition) is 2. The number of rotatable bonds is 4. The van der Waals surface area contributed by atoms with Gasteiger partial charge in [-0.2, -0.15) is 0 Å². The lowest BCUT2D eigenvalue weighted by molar-refractivity contribution is -0.147. The van der Waals surface area contributed by atoms with E-state index in [0.717, 1.165) is 6.26 Å². The number of sulfone groups is 1. The summed E-state index contributed by atoms with van der Waals surface area (Å²) in [5, 5.41) is 18.3. The second-order valence-corrected chi connectivity index (χ2v) is 5.86. The topological polar surface area (TPSA) is 101 Å². The van der Waals surface area contributed by atoms with Gasteiger partial charge in [-0.3, -0.25) is 0 Å². The smallest absolute Gasteiger partial charge is 0.337 e. The molecule has 7 heteroatoms. The zero-order chi connectivity index (χ0) is 14.1. The maximum absolute atomic E-state index is 11.6. The van der Waals surface area contributed by atoms with Crippen molar-refractivity contribution < 1.29 is 28.2 Å². The van der Waals surface area contributed by atoms with Crippen molar-refractivity contribution in [3.05, 3.63) is 23.3 Å². The van der Waals surface area contributed by atoms with Crippen LogP contribution in [0.1, 0.15) is 17.2 Å². The number of aliphatic hydroxyl groups is 1. The first-order valence-corrected chi connectivity index (χ1v) is 6.87. The van der Waals surface area contributed by atoms with E-state index in [9.17, 15) is 18.3 Å². The van der Waals surface area contributed by atoms with Gasteiger partial charge in [-0.15, -0.1) is 0 Å². The maximum atomic E-state index is 11.6. The number of hydrogen-bond acceptors (Lipinski definition) is 5. The number of methoxy groups -OCH3 is 1. The van der Waals surface area contributed by atoms with E-state index in [1.807, 2.05) is 0 Å². The van der Waals surface area contributed by atoms with Crippen LogP contribution in [0.3, 0.4) is 0 Å². The first-order chi connectivity index (χ1) is 8.18. The zero-order valence-electron chi connectivity index (χ0n) is 10.2. The third-order valence-electron chi connectivity index (χ3n) is 2.46. The number of aliphatic carboxylic acids is 1. The van der Waals surface area contributed by atoms with E-state index >= 15 is 0 Å². The molecule has 1 aromatic carbocycles. The molecular formula is C11H14O6S. The standard InChI is InChI=1S/C11H14O6S/c1-6-4-9(18(3,15)16)7(5-8(6)17-2)10(12)11(13)14/h4-5,10,12H,1-3H3,(H,13,14). The van der Waals surface area contributed by atoms with E-state index in [-0.39, 0.29) is 10.5 Å². The highest BCUT2D eigenvalue weighted by molar-refractivity contribution is 7.90. The van der Waals surface area contributed by atoms with Crippen LogP contribution in [0.2, 0.25) is 0 Å². The lowest BCUT2D eigenvalue weighted by Gasteiger charge is -2.14. The summed E-state index contributed by atoms with van der Waals surface area (Å²) in [7, 11) is -2.26. The molecule has 0 fully saturated rings. The highest BCUT2D eigenvalue weighted by Gasteiger charge is 2.25. The number of aryl methyl sites for hydroxylation is 1. The van der Waals surface area contributed by atoms with Crippen LogP contribution in [0.25, 0.3) is 0 Å². The van der Waals surface area contributed by atoms with Crippen molar-refractivity contribution in [2.75, 3.05) is 13.4 Å². The Kier molecular flexibility index (Phi) is 3.98. The van der Waals surface area contributed by atoms with Crippen LogP contribution in [0, 0.1) is 6.92 Å². The molecule has 0 aliphatic heterocycles. The first-order valence-electron chi connectivity index (χ1n) is 4.98. The van der Waals surface area contributed by atoms with Gasteiger partial charge in [0.25, 0.3) is 0 Å². The minimum atomic E-state index is -3.64. The summed E-state index contributed by atoms with van der Waals surface area (Å²) < 4.78 is 28.2. The number of carboxylic acid groups (broad SMARTS) is 1. The molecule has 1 rings (SSSR count). The Morgan fingerprint density at radius 1 is 1.39 bits per heavy atom. The van der Waals surface area contributed by atoms with Crippen molar-refractivity contribution in [1.29, 1.82) is 0 Å². The summed E-state index contributed by atoms with van der Waals surface area (Å²) >= 11 is 0. The summed E-state index contributed by atoms with van der Waals surface area (Å²) in [5.41, 5.74) is 0.340. The van der Waals surface area contributed by atoms with E-state index in [1.54, 1.807) is 6.92 Å². The molecular weight excluding hydrogens is 260 g/mol. The maximum Gasteiger partial charge on any atom is 0.337 e. The molecule has 1 atom stereocenters. The molecule has 0 saturated heterocycles. The van der Waals surface area contributed by atoms with Crippen molar-refractivity contribution in [3.8, 4) is 5.75 Å². The number of ether oxygens (including phenoxy) is 1. The lowest BCUT2D eigenvalue weighted by Crippen LogP contribution is -2.15. The Balaban J connectivity index is 3.60. The van der Waals surface area contributed by atoms with E-state index in [2.05, 4.69) is 0 Å². The summed E-state index contributed by atoms with van der Waals surface area (Å²) in [5.74, 6) is -1.21. The van der Waals surface area contributed by atoms with Crippen LogP contribution in [0.4, 0.5) is 0 Å². The van der Waals surface area contributed by atoms with E-state index in [1.165, 1.54) is 19.2 Å². The van der Waals surface area contributed by atoms with Gasteiger partial charge in [-0.05, 0) is 24.6 Å². The van der Waals surface area contributed by atoms with Crippen LogP contribution in [-0.4, -0.2) is 38.0 Å². The van der Waals surface area contributed by atoms with Crippen LogP contribution >= 0.6 is 0 Å². The molecule has 0 saturated carbocycles. The fourth-order valence-electron chi connectivity index (χ4n) is 1.57. The predicted molar refractivity (Wildman–Crippen MR) is 63.4 cm³/mol. The van der Waals surface area contributed by atoms with Gasteiger partial charge >= 0.3 is 5.97 Å². The third kappa shape index (κ3) is 2.80. The molecule has 0 aromatic heterocycles. The summed E-state index contributed by atoms with van der Waals surface area (Å²) in [6.45, 7) is 1.63. The molecule has 1 unspecified atom stereocenters. The number of aliphatic hydroxyl groups excluding tert-OH is 1. The van der Waals surface area contributed by atoms with Gasteiger partial charge in [0.15, 0.2) is 15.9 Å². The fraction of sp³-hybridized carbons (Fsp3) is 0.364. The molecule has 0 amide bonds. The van der Waals surface area contributed by atoms with Gasteiger partial charge in [-0.1, -0.05) is 0 Å². The van der Waals surface area contributed by atoms with Gasteiger partial charge in [0.05, 0.1) is 12.0 Å². The van der Waals surface area contributed by atoms with Gasteiger partial charge in [0.1, 0.15) is 5.75 Å². The second kappa shape index (κ2) is 4.95. The molecule has 1 aromatic rings. The molecule has 100 valence electrons. The molecule has 18 heavy (non-hydrogen) atoms. The summed E-state index contributed by atoms with van der Waals surface area (Å²) in [6.07, 6.45) is -0.962. The Hall–Kier alpha value is -1.60. The summed E-state index contributed by atoms with van der Waals surface area (Å²) in [4.78, 5) is 10.6. The molecule has 0 aliphatic rings. The van der Waals surface area contributed by atoms with Crippen LogP contribution < -0.4 is 4.74 Å². The van der Waals surface area contributed by atoms with Crippen molar-refractivity contribution in [2.24, 2.45) is 0 Å². The molecule has 0 bridgehead atoms. The zero-order valence-corrected chi connectivity index (χ0v) is 11.0. The fourth-order valence-corrected chi connectivity index (χ4v) is 2.55. The van der Waals surface area contributed by atoms with Crippen LogP contribution in [-0.2, 0) is 14.6 Å². The van der Waals surface area contributed by atoms with E-state index in [0.29, 0.717) is 11.3 Å². The van der Waals surface area contributed by atoms with E-state index in [4.69, 9.17) is 9.84 Å². The Morgan fingerprint density at radius 2 is 1.94 bits per heavy atom. The third-order valence-corrected chi connectivity index (χ3v) is 3.61. The van der Waals surface area contributed by atoms with Gasteiger partial charge < -0.3 is 14.9 Å². The van der Waals surface area contributed by atoms with Crippen LogP contribution in [0.15, 0.2) is 17.0 Å². The minimum Gasteiger partial charge on any atom is -0.496 e.